The first-order chi connectivity index (χ1) is 16.9. The number of nitrogens with zero attached hydrogens (tertiary/aromatic N) is 4. The SMILES string of the molecule is NC(=O)[C@H]1CC[C@@H](n2c(Nc3c(Cl)cc(Cl)cc3Cl)nc3cnc(N[C@H]4CCCOC4)nc32)CC1. The number of imidazole rings is 1. The quantitative estimate of drug-likeness (QED) is 0.387. The molecule has 2 aromatic heterocycles. The van der Waals surface area contributed by atoms with Gasteiger partial charge in [-0.05, 0) is 50.7 Å². The van der Waals surface area contributed by atoms with Crippen molar-refractivity contribution in [1.29, 1.82) is 0 Å². The molecule has 1 aliphatic heterocycles. The number of aromatic nitrogens is 4. The van der Waals surface area contributed by atoms with Crippen molar-refractivity contribution in [2.24, 2.45) is 11.7 Å². The summed E-state index contributed by atoms with van der Waals surface area (Å²) in [7, 11) is 0. The van der Waals surface area contributed by atoms with Gasteiger partial charge in [0.1, 0.15) is 5.52 Å². The van der Waals surface area contributed by atoms with Gasteiger partial charge in [0.15, 0.2) is 5.65 Å². The maximum Gasteiger partial charge on any atom is 0.225 e. The van der Waals surface area contributed by atoms with Crippen LogP contribution in [0.1, 0.15) is 44.6 Å². The molecule has 1 atom stereocenters. The van der Waals surface area contributed by atoms with Crippen LogP contribution in [-0.2, 0) is 9.53 Å². The Morgan fingerprint density at radius 1 is 1.09 bits per heavy atom. The van der Waals surface area contributed by atoms with Gasteiger partial charge < -0.3 is 21.1 Å². The Morgan fingerprint density at radius 2 is 1.83 bits per heavy atom. The number of hydrogen-bond donors (Lipinski definition) is 3. The van der Waals surface area contributed by atoms with Crippen LogP contribution < -0.4 is 16.4 Å². The van der Waals surface area contributed by atoms with Crippen LogP contribution in [0.25, 0.3) is 11.2 Å². The number of primary amides is 1. The standard InChI is InChI=1S/C23H26Cl3N7O2/c24-13-8-16(25)19(17(26)9-13)31-23-30-18-10-28-22(29-14-2-1-7-35-11-14)32-21(18)33(23)15-5-3-12(4-6-15)20(27)34/h8-10,12,14-15H,1-7,11H2,(H2,27,34)(H,30,31)(H,28,29,32)/t12-,14-,15+/m0/s1. The molecular weight excluding hydrogens is 513 g/mol. The van der Waals surface area contributed by atoms with Crippen LogP contribution >= 0.6 is 34.8 Å². The minimum Gasteiger partial charge on any atom is -0.379 e. The minimum atomic E-state index is -0.250. The van der Waals surface area contributed by atoms with E-state index >= 15 is 0 Å². The third kappa shape index (κ3) is 5.28. The summed E-state index contributed by atoms with van der Waals surface area (Å²) >= 11 is 19.0. The molecule has 3 heterocycles. The molecule has 0 spiro atoms. The highest BCUT2D eigenvalue weighted by Gasteiger charge is 2.29. The molecular formula is C23H26Cl3N7O2. The summed E-state index contributed by atoms with van der Waals surface area (Å²) in [6.45, 7) is 1.40. The number of nitrogens with one attached hydrogen (secondary N) is 2. The van der Waals surface area contributed by atoms with Crippen LogP contribution in [0, 0.1) is 5.92 Å². The smallest absolute Gasteiger partial charge is 0.225 e. The molecule has 0 bridgehead atoms. The van der Waals surface area contributed by atoms with E-state index < -0.39 is 0 Å². The lowest BCUT2D eigenvalue weighted by Gasteiger charge is -2.29. The summed E-state index contributed by atoms with van der Waals surface area (Å²) in [4.78, 5) is 25.8. The highest BCUT2D eigenvalue weighted by atomic mass is 35.5. The molecule has 2 fully saturated rings. The van der Waals surface area contributed by atoms with Gasteiger partial charge in [-0.3, -0.25) is 9.36 Å². The molecule has 1 saturated heterocycles. The van der Waals surface area contributed by atoms with Gasteiger partial charge in [-0.2, -0.15) is 4.98 Å². The molecule has 0 radical (unpaired) electrons. The topological polar surface area (TPSA) is 120 Å². The van der Waals surface area contributed by atoms with Crippen molar-refractivity contribution in [2.75, 3.05) is 23.8 Å². The number of benzene rings is 1. The van der Waals surface area contributed by atoms with Gasteiger partial charge in [-0.15, -0.1) is 0 Å². The van der Waals surface area contributed by atoms with Gasteiger partial charge in [-0.1, -0.05) is 34.8 Å². The molecule has 12 heteroatoms. The molecule has 1 aliphatic carbocycles. The number of carbonyl (C=O) groups is 1. The number of hydrogen-bond acceptors (Lipinski definition) is 7. The van der Waals surface area contributed by atoms with Crippen molar-refractivity contribution < 1.29 is 9.53 Å². The first-order valence-corrected chi connectivity index (χ1v) is 12.8. The number of fused-ring (bicyclic) bond motifs is 1. The zero-order chi connectivity index (χ0) is 24.5. The van der Waals surface area contributed by atoms with Gasteiger partial charge in [0, 0.05) is 23.6 Å². The second kappa shape index (κ2) is 10.3. The zero-order valence-corrected chi connectivity index (χ0v) is 21.2. The minimum absolute atomic E-state index is 0.0590. The molecule has 1 aromatic carbocycles. The fourth-order valence-corrected chi connectivity index (χ4v) is 5.74. The Kier molecular flexibility index (Phi) is 7.20. The summed E-state index contributed by atoms with van der Waals surface area (Å²) in [6.07, 6.45) is 6.64. The number of nitrogens with two attached hydrogens (primary N) is 1. The number of ether oxygens (including phenoxy) is 1. The molecule has 0 unspecified atom stereocenters. The zero-order valence-electron chi connectivity index (χ0n) is 18.9. The second-order valence-electron chi connectivity index (χ2n) is 9.04. The van der Waals surface area contributed by atoms with E-state index in [1.165, 1.54) is 0 Å². The molecule has 35 heavy (non-hydrogen) atoms. The lowest BCUT2D eigenvalue weighted by atomic mass is 9.85. The molecule has 1 saturated carbocycles. The first-order valence-electron chi connectivity index (χ1n) is 11.7. The summed E-state index contributed by atoms with van der Waals surface area (Å²) in [5.41, 5.74) is 7.38. The molecule has 2 aliphatic rings. The lowest BCUT2D eigenvalue weighted by Crippen LogP contribution is -2.31. The highest BCUT2D eigenvalue weighted by Crippen LogP contribution is 2.40. The van der Waals surface area contributed by atoms with E-state index in [1.807, 2.05) is 0 Å². The number of carbonyl (C=O) groups excluding carboxylic acids is 1. The number of anilines is 3. The third-order valence-electron chi connectivity index (χ3n) is 6.63. The van der Waals surface area contributed by atoms with E-state index in [-0.39, 0.29) is 23.9 Å². The average Bonchev–Trinajstić information content (AvgIpc) is 3.19. The fraction of sp³-hybridized carbons (Fsp3) is 0.478. The molecule has 186 valence electrons. The van der Waals surface area contributed by atoms with Crippen LogP contribution in [0.3, 0.4) is 0 Å². The van der Waals surface area contributed by atoms with E-state index in [4.69, 9.17) is 55.2 Å². The Balaban J connectivity index is 1.52. The summed E-state index contributed by atoms with van der Waals surface area (Å²) in [6, 6.07) is 3.46. The average molecular weight is 539 g/mol. The van der Waals surface area contributed by atoms with Crippen LogP contribution in [0.15, 0.2) is 18.3 Å². The number of rotatable bonds is 6. The third-order valence-corrected chi connectivity index (χ3v) is 7.45. The van der Waals surface area contributed by atoms with Crippen molar-refractivity contribution in [3.8, 4) is 0 Å². The predicted octanol–water partition coefficient (Wildman–Crippen LogP) is 5.34. The Bertz CT molecular complexity index is 1210. The molecule has 3 aromatic rings. The highest BCUT2D eigenvalue weighted by molar-refractivity contribution is 6.41. The van der Waals surface area contributed by atoms with Crippen molar-refractivity contribution in [3.05, 3.63) is 33.4 Å². The summed E-state index contributed by atoms with van der Waals surface area (Å²) < 4.78 is 7.63. The fourth-order valence-electron chi connectivity index (χ4n) is 4.82. The van der Waals surface area contributed by atoms with Crippen LogP contribution in [0.2, 0.25) is 15.1 Å². The van der Waals surface area contributed by atoms with Crippen LogP contribution in [0.5, 0.6) is 0 Å². The lowest BCUT2D eigenvalue weighted by molar-refractivity contribution is -0.122. The second-order valence-corrected chi connectivity index (χ2v) is 10.3. The van der Waals surface area contributed by atoms with E-state index in [1.54, 1.807) is 18.3 Å². The predicted molar refractivity (Wildman–Crippen MR) is 138 cm³/mol. The van der Waals surface area contributed by atoms with Gasteiger partial charge >= 0.3 is 0 Å². The molecule has 1 amide bonds. The van der Waals surface area contributed by atoms with Crippen molar-refractivity contribution in [3.63, 3.8) is 0 Å². The number of halogens is 3. The van der Waals surface area contributed by atoms with E-state index in [2.05, 4.69) is 20.2 Å². The van der Waals surface area contributed by atoms with E-state index in [0.29, 0.717) is 63.3 Å². The van der Waals surface area contributed by atoms with Crippen LogP contribution in [-0.4, -0.2) is 44.7 Å². The Hall–Kier alpha value is -2.33. The van der Waals surface area contributed by atoms with Crippen LogP contribution in [0.4, 0.5) is 17.6 Å². The maximum absolute atomic E-state index is 11.7. The summed E-state index contributed by atoms with van der Waals surface area (Å²) in [5.74, 6) is 0.700. The van der Waals surface area contributed by atoms with Gasteiger partial charge in [-0.25, -0.2) is 9.97 Å². The van der Waals surface area contributed by atoms with Gasteiger partial charge in [0.05, 0.1) is 34.6 Å². The molecule has 4 N–H and O–H groups in total. The monoisotopic (exact) mass is 537 g/mol. The van der Waals surface area contributed by atoms with Crippen molar-refractivity contribution in [1.82, 2.24) is 19.5 Å². The largest absolute Gasteiger partial charge is 0.379 e. The number of amides is 1. The van der Waals surface area contributed by atoms with E-state index in [0.717, 1.165) is 32.3 Å². The Labute approximate surface area is 217 Å². The first kappa shape index (κ1) is 24.4. The van der Waals surface area contributed by atoms with Crippen molar-refractivity contribution in [2.45, 2.75) is 50.6 Å². The maximum atomic E-state index is 11.7. The molecule has 5 rings (SSSR count). The van der Waals surface area contributed by atoms with Crippen molar-refractivity contribution >= 4 is 69.5 Å². The Morgan fingerprint density at radius 3 is 2.49 bits per heavy atom. The van der Waals surface area contributed by atoms with Gasteiger partial charge in [0.2, 0.25) is 17.8 Å². The summed E-state index contributed by atoms with van der Waals surface area (Å²) in [5, 5.41) is 7.87. The van der Waals surface area contributed by atoms with Gasteiger partial charge in [0.25, 0.3) is 0 Å². The van der Waals surface area contributed by atoms with E-state index in [9.17, 15) is 4.79 Å². The normalized spacial score (nSPS) is 22.8. The molecule has 9 nitrogen and oxygen atoms in total.